The Kier molecular flexibility index (Phi) is 6.88. The number of benzene rings is 3. The van der Waals surface area contributed by atoms with Crippen LogP contribution in [0.2, 0.25) is 5.02 Å². The summed E-state index contributed by atoms with van der Waals surface area (Å²) < 4.78 is 28.9. The largest absolute Gasteiger partial charge is 0.347 e. The number of hydrogen-bond donors (Lipinski definition) is 1. The number of piperidine rings is 1. The number of aromatic nitrogens is 1. The van der Waals surface area contributed by atoms with Crippen LogP contribution >= 0.6 is 11.6 Å². The third-order valence-electron chi connectivity index (χ3n) is 6.87. The molecule has 6 nitrogen and oxygen atoms in total. The molecule has 5 rings (SSSR count). The van der Waals surface area contributed by atoms with E-state index in [9.17, 15) is 13.2 Å². The van der Waals surface area contributed by atoms with Crippen molar-refractivity contribution in [2.24, 2.45) is 0 Å². The smallest absolute Gasteiger partial charge is 0.269 e. The highest BCUT2D eigenvalue weighted by Gasteiger charge is 2.29. The molecule has 1 N–H and O–H groups in total. The molecule has 1 saturated heterocycles. The Balaban J connectivity index is 1.60. The zero-order valence-corrected chi connectivity index (χ0v) is 21.6. The van der Waals surface area contributed by atoms with E-state index in [-0.39, 0.29) is 17.1 Å². The first kappa shape index (κ1) is 24.6. The molecule has 0 aliphatic carbocycles. The van der Waals surface area contributed by atoms with Crippen molar-refractivity contribution >= 4 is 38.4 Å². The second kappa shape index (κ2) is 10.1. The average Bonchev–Trinajstić information content (AvgIpc) is 3.30. The van der Waals surface area contributed by atoms with Gasteiger partial charge in [-0.2, -0.15) is 0 Å². The molecule has 1 aliphatic rings. The van der Waals surface area contributed by atoms with Gasteiger partial charge in [0, 0.05) is 17.0 Å². The molecule has 0 bridgehead atoms. The Labute approximate surface area is 216 Å². The molecular weight excluding hydrogens is 494 g/mol. The molecule has 4 aromatic rings. The van der Waals surface area contributed by atoms with Crippen LogP contribution in [0.25, 0.3) is 10.9 Å². The van der Waals surface area contributed by atoms with E-state index < -0.39 is 15.9 Å². The van der Waals surface area contributed by atoms with Gasteiger partial charge in [-0.1, -0.05) is 54.1 Å². The van der Waals surface area contributed by atoms with Crippen LogP contribution in [0.3, 0.4) is 0 Å². The highest BCUT2D eigenvalue weighted by atomic mass is 35.5. The molecule has 3 aromatic carbocycles. The maximum Gasteiger partial charge on any atom is 0.269 e. The molecule has 0 unspecified atom stereocenters. The topological polar surface area (TPSA) is 71.4 Å². The summed E-state index contributed by atoms with van der Waals surface area (Å²) in [4.78, 5) is 15.9. The summed E-state index contributed by atoms with van der Waals surface area (Å²) in [5.41, 5.74) is 2.58. The molecule has 186 valence electrons. The average molecular weight is 522 g/mol. The first-order chi connectivity index (χ1) is 17.3. The quantitative estimate of drug-likeness (QED) is 0.375. The minimum atomic E-state index is -4.01. The molecule has 0 spiro atoms. The van der Waals surface area contributed by atoms with Gasteiger partial charge in [-0.15, -0.1) is 0 Å². The predicted octanol–water partition coefficient (Wildman–Crippen LogP) is 5.27. The number of likely N-dealkylation sites (tertiary alicyclic amines) is 1. The third-order valence-corrected chi connectivity index (χ3v) is 8.87. The van der Waals surface area contributed by atoms with Crippen LogP contribution in [0.4, 0.5) is 0 Å². The fraction of sp³-hybridized carbons (Fsp3) is 0.250. The zero-order chi connectivity index (χ0) is 25.3. The maximum absolute atomic E-state index is 13.8. The number of nitrogens with one attached hydrogen (secondary N) is 1. The van der Waals surface area contributed by atoms with E-state index in [2.05, 4.69) is 23.3 Å². The number of rotatable bonds is 6. The molecule has 2 heterocycles. The Hall–Kier alpha value is -3.13. The van der Waals surface area contributed by atoms with Gasteiger partial charge in [0.2, 0.25) is 0 Å². The second-order valence-corrected chi connectivity index (χ2v) is 11.5. The van der Waals surface area contributed by atoms with Gasteiger partial charge in [-0.25, -0.2) is 12.4 Å². The van der Waals surface area contributed by atoms with Crippen molar-refractivity contribution < 1.29 is 13.2 Å². The number of amides is 1. The summed E-state index contributed by atoms with van der Waals surface area (Å²) in [6.07, 6.45) is 1.98. The molecule has 8 heteroatoms. The van der Waals surface area contributed by atoms with Crippen LogP contribution < -0.4 is 5.32 Å². The van der Waals surface area contributed by atoms with Crippen LogP contribution in [-0.2, 0) is 16.6 Å². The van der Waals surface area contributed by atoms with Gasteiger partial charge in [-0.3, -0.25) is 4.79 Å². The first-order valence-corrected chi connectivity index (χ1v) is 13.8. The van der Waals surface area contributed by atoms with Crippen molar-refractivity contribution in [3.8, 4) is 0 Å². The van der Waals surface area contributed by atoms with Crippen LogP contribution in [0.5, 0.6) is 0 Å². The van der Waals surface area contributed by atoms with Crippen molar-refractivity contribution in [3.63, 3.8) is 0 Å². The van der Waals surface area contributed by atoms with Crippen molar-refractivity contribution in [1.29, 1.82) is 0 Å². The third kappa shape index (κ3) is 4.78. The monoisotopic (exact) mass is 521 g/mol. The lowest BCUT2D eigenvalue weighted by Gasteiger charge is -2.29. The highest BCUT2D eigenvalue weighted by Crippen LogP contribution is 2.36. The highest BCUT2D eigenvalue weighted by molar-refractivity contribution is 7.90. The summed E-state index contributed by atoms with van der Waals surface area (Å²) in [5.74, 6) is -0.139. The van der Waals surface area contributed by atoms with E-state index in [1.54, 1.807) is 54.6 Å². The summed E-state index contributed by atoms with van der Waals surface area (Å²) in [6.45, 7) is 2.22. The summed E-state index contributed by atoms with van der Waals surface area (Å²) in [5, 5.41) is 4.31. The van der Waals surface area contributed by atoms with E-state index >= 15 is 0 Å². The number of nitrogens with zero attached hydrogens (tertiary/aromatic N) is 2. The second-order valence-electron chi connectivity index (χ2n) is 9.28. The SMILES string of the molecule is CN1CCC(c2cccc3c2cc(C(=O)NCc2ccc(Cl)cc2)n3S(=O)(=O)c2ccccc2)CC1. The normalized spacial score (nSPS) is 15.3. The first-order valence-electron chi connectivity index (χ1n) is 12.0. The molecular formula is C28H28ClN3O3S. The van der Waals surface area contributed by atoms with Gasteiger partial charge in [0.25, 0.3) is 15.9 Å². The number of halogens is 1. The van der Waals surface area contributed by atoms with Crippen molar-refractivity contribution in [3.05, 3.63) is 101 Å². The van der Waals surface area contributed by atoms with E-state index in [1.807, 2.05) is 18.2 Å². The summed E-state index contributed by atoms with van der Waals surface area (Å²) >= 11 is 5.97. The Bertz CT molecular complexity index is 1490. The molecule has 0 atom stereocenters. The summed E-state index contributed by atoms with van der Waals surface area (Å²) in [7, 11) is -1.90. The molecule has 0 radical (unpaired) electrons. The van der Waals surface area contributed by atoms with E-state index in [0.717, 1.165) is 42.4 Å². The minimum absolute atomic E-state index is 0.100. The molecule has 1 aliphatic heterocycles. The molecule has 1 amide bonds. The van der Waals surface area contributed by atoms with Crippen LogP contribution in [0.15, 0.2) is 83.8 Å². The number of carbonyl (C=O) groups is 1. The van der Waals surface area contributed by atoms with E-state index in [1.165, 1.54) is 3.97 Å². The standard InChI is InChI=1S/C28H28ClN3O3S/c1-31-16-14-21(15-17-31)24-8-5-9-26-25(24)18-27(28(33)30-19-20-10-12-22(29)13-11-20)32(26)36(34,35)23-6-3-2-4-7-23/h2-13,18,21H,14-17,19H2,1H3,(H,30,33). The number of fused-ring (bicyclic) bond motifs is 1. The lowest BCUT2D eigenvalue weighted by Crippen LogP contribution is -2.29. The van der Waals surface area contributed by atoms with Gasteiger partial charge >= 0.3 is 0 Å². The van der Waals surface area contributed by atoms with Crippen molar-refractivity contribution in [1.82, 2.24) is 14.2 Å². The lowest BCUT2D eigenvalue weighted by atomic mass is 9.87. The molecule has 1 aromatic heterocycles. The van der Waals surface area contributed by atoms with Gasteiger partial charge in [-0.05, 0) is 86.4 Å². The van der Waals surface area contributed by atoms with E-state index in [4.69, 9.17) is 11.6 Å². The molecule has 0 saturated carbocycles. The van der Waals surface area contributed by atoms with Crippen LogP contribution in [0.1, 0.15) is 40.4 Å². The van der Waals surface area contributed by atoms with Crippen molar-refractivity contribution in [2.45, 2.75) is 30.2 Å². The predicted molar refractivity (Wildman–Crippen MR) is 143 cm³/mol. The van der Waals surface area contributed by atoms with Gasteiger partial charge in [0.05, 0.1) is 10.4 Å². The summed E-state index contributed by atoms with van der Waals surface area (Å²) in [6, 6.07) is 22.9. The minimum Gasteiger partial charge on any atom is -0.347 e. The van der Waals surface area contributed by atoms with Crippen molar-refractivity contribution in [2.75, 3.05) is 20.1 Å². The zero-order valence-electron chi connectivity index (χ0n) is 20.0. The Morgan fingerprint density at radius 2 is 1.67 bits per heavy atom. The van der Waals surface area contributed by atoms with E-state index in [0.29, 0.717) is 16.5 Å². The number of carbonyl (C=O) groups excluding carboxylic acids is 1. The van der Waals surface area contributed by atoms with Crippen LogP contribution in [-0.4, -0.2) is 43.3 Å². The number of hydrogen-bond acceptors (Lipinski definition) is 4. The fourth-order valence-corrected chi connectivity index (χ4v) is 6.55. The Morgan fingerprint density at radius 3 is 2.36 bits per heavy atom. The lowest BCUT2D eigenvalue weighted by molar-refractivity contribution is 0.0945. The van der Waals surface area contributed by atoms with Gasteiger partial charge < -0.3 is 10.2 Å². The van der Waals surface area contributed by atoms with Gasteiger partial charge in [0.15, 0.2) is 0 Å². The Morgan fingerprint density at radius 1 is 0.972 bits per heavy atom. The van der Waals surface area contributed by atoms with Gasteiger partial charge in [0.1, 0.15) is 5.69 Å². The maximum atomic E-state index is 13.8. The molecule has 1 fully saturated rings. The van der Waals surface area contributed by atoms with Crippen LogP contribution in [0, 0.1) is 0 Å². The fourth-order valence-electron chi connectivity index (χ4n) is 4.90. The molecule has 36 heavy (non-hydrogen) atoms.